The minimum absolute atomic E-state index is 0.335. The highest BCUT2D eigenvalue weighted by Crippen LogP contribution is 2.23. The van der Waals surface area contributed by atoms with E-state index in [0.717, 1.165) is 18.4 Å². The van der Waals surface area contributed by atoms with Crippen LogP contribution in [0.1, 0.15) is 23.1 Å². The number of nitrogens with one attached hydrogen (secondary N) is 1. The van der Waals surface area contributed by atoms with E-state index in [1.54, 1.807) is 0 Å². The Labute approximate surface area is 99.6 Å². The van der Waals surface area contributed by atoms with Gasteiger partial charge in [-0.15, -0.1) is 0 Å². The average molecular weight is 233 g/mol. The molecule has 0 saturated carbocycles. The molecule has 0 fully saturated rings. The predicted octanol–water partition coefficient (Wildman–Crippen LogP) is 0.917. The van der Waals surface area contributed by atoms with Crippen LogP contribution in [0.2, 0.25) is 0 Å². The highest BCUT2D eigenvalue weighted by atomic mass is 16.4. The molecule has 17 heavy (non-hydrogen) atoms. The lowest BCUT2D eigenvalue weighted by Crippen LogP contribution is -2.37. The third-order valence-corrected chi connectivity index (χ3v) is 3.17. The minimum Gasteiger partial charge on any atom is -0.480 e. The Morgan fingerprint density at radius 1 is 1.41 bits per heavy atom. The van der Waals surface area contributed by atoms with E-state index in [1.807, 2.05) is 6.07 Å². The third-order valence-electron chi connectivity index (χ3n) is 3.17. The normalized spacial score (nSPS) is 15.1. The number of fused-ring (bicyclic) bond motifs is 1. The fraction of sp³-hybridized carbons (Fsp3) is 0.385. The van der Waals surface area contributed by atoms with Crippen molar-refractivity contribution in [3.63, 3.8) is 0 Å². The van der Waals surface area contributed by atoms with Crippen molar-refractivity contribution in [2.24, 2.45) is 0 Å². The molecule has 0 heterocycles. The van der Waals surface area contributed by atoms with Gasteiger partial charge in [-0.3, -0.25) is 4.79 Å². The van der Waals surface area contributed by atoms with E-state index >= 15 is 0 Å². The van der Waals surface area contributed by atoms with Gasteiger partial charge >= 0.3 is 5.97 Å². The number of carboxylic acid groups (broad SMARTS) is 1. The Morgan fingerprint density at radius 2 is 2.18 bits per heavy atom. The Balaban J connectivity index is 2.12. The van der Waals surface area contributed by atoms with Gasteiger partial charge in [-0.2, -0.15) is 0 Å². The molecular formula is C13H15NO3. The molecule has 1 atom stereocenters. The summed E-state index contributed by atoms with van der Waals surface area (Å²) in [5.74, 6) is -1.00. The van der Waals surface area contributed by atoms with Crippen molar-refractivity contribution in [2.45, 2.75) is 31.7 Å². The zero-order chi connectivity index (χ0) is 12.3. The number of hydrogen-bond acceptors (Lipinski definition) is 2. The van der Waals surface area contributed by atoms with Crippen molar-refractivity contribution < 1.29 is 14.7 Å². The molecule has 0 radical (unpaired) electrons. The first-order chi connectivity index (χ1) is 8.20. The van der Waals surface area contributed by atoms with Crippen LogP contribution in [0.15, 0.2) is 18.2 Å². The molecule has 0 aromatic heterocycles. The lowest BCUT2D eigenvalue weighted by atomic mass is 10.0. The fourth-order valence-corrected chi connectivity index (χ4v) is 2.29. The zero-order valence-corrected chi connectivity index (χ0v) is 9.48. The van der Waals surface area contributed by atoms with Gasteiger partial charge in [0.1, 0.15) is 6.04 Å². The van der Waals surface area contributed by atoms with Gasteiger partial charge in [0.25, 0.3) is 0 Å². The van der Waals surface area contributed by atoms with E-state index in [1.165, 1.54) is 17.5 Å². The average Bonchev–Trinajstić information content (AvgIpc) is 2.75. The Hall–Kier alpha value is -1.84. The van der Waals surface area contributed by atoms with Crippen LogP contribution in [0.5, 0.6) is 0 Å². The summed E-state index contributed by atoms with van der Waals surface area (Å²) in [6, 6.07) is 5.24. The van der Waals surface area contributed by atoms with Crippen molar-refractivity contribution in [2.75, 3.05) is 0 Å². The maximum Gasteiger partial charge on any atom is 0.326 e. The SMILES string of the molecule is O=CNC(Cc1ccc2c(c1)CCC2)C(=O)O. The summed E-state index contributed by atoms with van der Waals surface area (Å²) in [5, 5.41) is 11.3. The largest absolute Gasteiger partial charge is 0.480 e. The minimum atomic E-state index is -1.00. The second kappa shape index (κ2) is 4.99. The highest BCUT2D eigenvalue weighted by molar-refractivity contribution is 5.76. The van der Waals surface area contributed by atoms with Gasteiger partial charge in [0.15, 0.2) is 0 Å². The molecule has 0 bridgehead atoms. The maximum atomic E-state index is 10.9. The fourth-order valence-electron chi connectivity index (χ4n) is 2.29. The molecule has 2 rings (SSSR count). The molecular weight excluding hydrogens is 218 g/mol. The molecule has 0 spiro atoms. The van der Waals surface area contributed by atoms with Crippen molar-refractivity contribution >= 4 is 12.4 Å². The Bertz CT molecular complexity index is 442. The molecule has 4 nitrogen and oxygen atoms in total. The third kappa shape index (κ3) is 2.64. The van der Waals surface area contributed by atoms with Gasteiger partial charge in [-0.05, 0) is 36.0 Å². The van der Waals surface area contributed by atoms with Crippen LogP contribution in [0.25, 0.3) is 0 Å². The zero-order valence-electron chi connectivity index (χ0n) is 9.48. The molecule has 0 saturated heterocycles. The van der Waals surface area contributed by atoms with Crippen molar-refractivity contribution in [3.8, 4) is 0 Å². The molecule has 1 amide bonds. The number of carbonyl (C=O) groups excluding carboxylic acids is 1. The van der Waals surface area contributed by atoms with E-state index in [9.17, 15) is 9.59 Å². The van der Waals surface area contributed by atoms with Crippen LogP contribution in [-0.2, 0) is 28.9 Å². The van der Waals surface area contributed by atoms with Gasteiger partial charge in [-0.1, -0.05) is 18.2 Å². The van der Waals surface area contributed by atoms with Crippen molar-refractivity contribution in [3.05, 3.63) is 34.9 Å². The monoisotopic (exact) mass is 233 g/mol. The molecule has 4 heteroatoms. The molecule has 1 aliphatic rings. The molecule has 90 valence electrons. The summed E-state index contributed by atoms with van der Waals surface area (Å²) in [6.07, 6.45) is 4.13. The topological polar surface area (TPSA) is 66.4 Å². The number of carboxylic acids is 1. The van der Waals surface area contributed by atoms with E-state index < -0.39 is 12.0 Å². The highest BCUT2D eigenvalue weighted by Gasteiger charge is 2.18. The number of hydrogen-bond donors (Lipinski definition) is 2. The molecule has 0 aliphatic heterocycles. The Kier molecular flexibility index (Phi) is 3.42. The van der Waals surface area contributed by atoms with Crippen molar-refractivity contribution in [1.82, 2.24) is 5.32 Å². The number of aryl methyl sites for hydroxylation is 2. The van der Waals surface area contributed by atoms with E-state index in [-0.39, 0.29) is 0 Å². The number of rotatable bonds is 5. The Morgan fingerprint density at radius 3 is 2.88 bits per heavy atom. The predicted molar refractivity (Wildman–Crippen MR) is 62.8 cm³/mol. The summed E-state index contributed by atoms with van der Waals surface area (Å²) in [6.45, 7) is 0. The molecule has 1 aliphatic carbocycles. The molecule has 1 unspecified atom stereocenters. The molecule has 1 aromatic carbocycles. The van der Waals surface area contributed by atoms with E-state index in [4.69, 9.17) is 5.11 Å². The van der Waals surface area contributed by atoms with Gasteiger partial charge in [0.2, 0.25) is 6.41 Å². The summed E-state index contributed by atoms with van der Waals surface area (Å²) < 4.78 is 0. The maximum absolute atomic E-state index is 10.9. The number of carbonyl (C=O) groups is 2. The second-order valence-corrected chi connectivity index (χ2v) is 4.34. The molecule has 2 N–H and O–H groups in total. The first-order valence-corrected chi connectivity index (χ1v) is 5.74. The second-order valence-electron chi connectivity index (χ2n) is 4.34. The molecule has 1 aromatic rings. The quantitative estimate of drug-likeness (QED) is 0.743. The van der Waals surface area contributed by atoms with Crippen LogP contribution in [0.3, 0.4) is 0 Å². The lowest BCUT2D eigenvalue weighted by Gasteiger charge is -2.12. The van der Waals surface area contributed by atoms with E-state index in [2.05, 4.69) is 17.4 Å². The van der Waals surface area contributed by atoms with Crippen LogP contribution >= 0.6 is 0 Å². The summed E-state index contributed by atoms with van der Waals surface area (Å²) in [5.41, 5.74) is 3.65. The van der Waals surface area contributed by atoms with Gasteiger partial charge < -0.3 is 10.4 Å². The smallest absolute Gasteiger partial charge is 0.326 e. The number of benzene rings is 1. The van der Waals surface area contributed by atoms with Crippen LogP contribution in [0.4, 0.5) is 0 Å². The van der Waals surface area contributed by atoms with Crippen LogP contribution in [-0.4, -0.2) is 23.5 Å². The summed E-state index contributed by atoms with van der Waals surface area (Å²) >= 11 is 0. The standard InChI is InChI=1S/C13H15NO3/c15-8-14-12(13(16)17)7-9-4-5-10-2-1-3-11(10)6-9/h4-6,8,12H,1-3,7H2,(H,14,15)(H,16,17). The number of amides is 1. The van der Waals surface area contributed by atoms with E-state index in [0.29, 0.717) is 12.8 Å². The van der Waals surface area contributed by atoms with Crippen LogP contribution < -0.4 is 5.32 Å². The first-order valence-electron chi connectivity index (χ1n) is 5.74. The van der Waals surface area contributed by atoms with Crippen molar-refractivity contribution in [1.29, 1.82) is 0 Å². The number of aliphatic carboxylic acids is 1. The van der Waals surface area contributed by atoms with Crippen LogP contribution in [0, 0.1) is 0 Å². The summed E-state index contributed by atoms with van der Waals surface area (Å²) in [7, 11) is 0. The van der Waals surface area contributed by atoms with Gasteiger partial charge in [-0.25, -0.2) is 4.79 Å². The summed E-state index contributed by atoms with van der Waals surface area (Å²) in [4.78, 5) is 21.2. The first kappa shape index (κ1) is 11.6. The van der Waals surface area contributed by atoms with Gasteiger partial charge in [0, 0.05) is 6.42 Å². The lowest BCUT2D eigenvalue weighted by molar-refractivity contribution is -0.140. The van der Waals surface area contributed by atoms with Gasteiger partial charge in [0.05, 0.1) is 0 Å².